The minimum absolute atomic E-state index is 0.0360. The number of hydrogen-bond donors (Lipinski definition) is 0. The van der Waals surface area contributed by atoms with E-state index in [9.17, 15) is 18.5 Å². The van der Waals surface area contributed by atoms with Crippen LogP contribution in [0.5, 0.6) is 0 Å². The van der Waals surface area contributed by atoms with E-state index >= 15 is 0 Å². The fourth-order valence-corrected chi connectivity index (χ4v) is 4.72. The Morgan fingerprint density at radius 1 is 1.12 bits per heavy atom. The molecular weight excluding hydrogens is 374 g/mol. The molecule has 0 atom stereocenters. The Labute approximate surface area is 155 Å². The van der Waals surface area contributed by atoms with Crippen LogP contribution in [0.25, 0.3) is 0 Å². The van der Waals surface area contributed by atoms with Gasteiger partial charge in [0.05, 0.1) is 16.4 Å². The van der Waals surface area contributed by atoms with E-state index in [1.165, 1.54) is 39.9 Å². The highest BCUT2D eigenvalue weighted by molar-refractivity contribution is 7.89. The standard InChI is InChI=1S/C17H17N3O4S2/c1-18-10-2-4-15(18)12-19(13-16-5-3-11-25-16)26(23,24)17-8-6-14(7-9-17)20(21)22/h2-11H,12-13H2,1H3. The molecule has 0 unspecified atom stereocenters. The van der Waals surface area contributed by atoms with Crippen molar-refractivity contribution in [2.45, 2.75) is 18.0 Å². The molecule has 0 saturated heterocycles. The zero-order valence-corrected chi connectivity index (χ0v) is 15.6. The average molecular weight is 391 g/mol. The number of sulfonamides is 1. The van der Waals surface area contributed by atoms with E-state index in [1.54, 1.807) is 0 Å². The molecule has 3 rings (SSSR count). The first-order chi connectivity index (χ1) is 12.4. The van der Waals surface area contributed by atoms with Crippen molar-refractivity contribution in [1.82, 2.24) is 8.87 Å². The first-order valence-corrected chi connectivity index (χ1v) is 10.1. The molecule has 136 valence electrons. The van der Waals surface area contributed by atoms with Gasteiger partial charge in [-0.3, -0.25) is 10.1 Å². The molecule has 0 radical (unpaired) electrons. The molecule has 7 nitrogen and oxygen atoms in total. The van der Waals surface area contributed by atoms with Crippen LogP contribution >= 0.6 is 11.3 Å². The first-order valence-electron chi connectivity index (χ1n) is 7.75. The molecule has 0 aliphatic heterocycles. The van der Waals surface area contributed by atoms with Crippen molar-refractivity contribution >= 4 is 27.0 Å². The van der Waals surface area contributed by atoms with Gasteiger partial charge in [-0.15, -0.1) is 11.3 Å². The molecular formula is C17H17N3O4S2. The summed E-state index contributed by atoms with van der Waals surface area (Å²) < 4.78 is 29.5. The zero-order chi connectivity index (χ0) is 18.7. The summed E-state index contributed by atoms with van der Waals surface area (Å²) >= 11 is 1.48. The molecule has 1 aromatic carbocycles. The van der Waals surface area contributed by atoms with Gasteiger partial charge in [-0.2, -0.15) is 4.31 Å². The van der Waals surface area contributed by atoms with Crippen LogP contribution in [0.4, 0.5) is 5.69 Å². The number of aryl methyl sites for hydroxylation is 1. The topological polar surface area (TPSA) is 85.5 Å². The third-order valence-corrected chi connectivity index (χ3v) is 6.65. The number of nitro benzene ring substituents is 1. The molecule has 9 heteroatoms. The van der Waals surface area contributed by atoms with Gasteiger partial charge < -0.3 is 4.57 Å². The van der Waals surface area contributed by atoms with Crippen LogP contribution in [-0.2, 0) is 30.2 Å². The van der Waals surface area contributed by atoms with Gasteiger partial charge in [0.15, 0.2) is 0 Å². The average Bonchev–Trinajstić information content (AvgIpc) is 3.26. The molecule has 0 amide bonds. The lowest BCUT2D eigenvalue weighted by molar-refractivity contribution is -0.384. The van der Waals surface area contributed by atoms with Gasteiger partial charge in [0.25, 0.3) is 5.69 Å². The first kappa shape index (κ1) is 18.3. The third kappa shape index (κ3) is 3.85. The predicted molar refractivity (Wildman–Crippen MR) is 99.3 cm³/mol. The quantitative estimate of drug-likeness (QED) is 0.456. The molecule has 0 aliphatic rings. The largest absolute Gasteiger partial charge is 0.353 e. The van der Waals surface area contributed by atoms with Crippen molar-refractivity contribution in [3.8, 4) is 0 Å². The van der Waals surface area contributed by atoms with Crippen LogP contribution in [0.1, 0.15) is 10.6 Å². The van der Waals surface area contributed by atoms with Crippen LogP contribution < -0.4 is 0 Å². The second-order valence-electron chi connectivity index (χ2n) is 5.71. The molecule has 3 aromatic rings. The van der Waals surface area contributed by atoms with Gasteiger partial charge in [0, 0.05) is 42.5 Å². The Morgan fingerprint density at radius 3 is 2.38 bits per heavy atom. The number of non-ortho nitro benzene ring substituents is 1. The number of nitrogens with zero attached hydrogens (tertiary/aromatic N) is 3. The summed E-state index contributed by atoms with van der Waals surface area (Å²) in [5, 5.41) is 12.7. The molecule has 0 spiro atoms. The fourth-order valence-electron chi connectivity index (χ4n) is 2.53. The highest BCUT2D eigenvalue weighted by Crippen LogP contribution is 2.24. The van der Waals surface area contributed by atoms with Crippen molar-refractivity contribution in [3.05, 3.63) is 80.8 Å². The van der Waals surface area contributed by atoms with E-state index in [0.29, 0.717) is 0 Å². The summed E-state index contributed by atoms with van der Waals surface area (Å²) in [4.78, 5) is 11.2. The van der Waals surface area contributed by atoms with Crippen LogP contribution in [0.2, 0.25) is 0 Å². The van der Waals surface area contributed by atoms with Gasteiger partial charge >= 0.3 is 0 Å². The molecule has 0 fully saturated rings. The Kier molecular flexibility index (Phi) is 5.21. The molecule has 2 heterocycles. The van der Waals surface area contributed by atoms with Crippen molar-refractivity contribution < 1.29 is 13.3 Å². The van der Waals surface area contributed by atoms with E-state index in [2.05, 4.69) is 0 Å². The van der Waals surface area contributed by atoms with Crippen molar-refractivity contribution in [2.24, 2.45) is 7.05 Å². The zero-order valence-electron chi connectivity index (χ0n) is 14.0. The number of benzene rings is 1. The molecule has 26 heavy (non-hydrogen) atoms. The van der Waals surface area contributed by atoms with Crippen molar-refractivity contribution in [1.29, 1.82) is 0 Å². The smallest absolute Gasteiger partial charge is 0.269 e. The summed E-state index contributed by atoms with van der Waals surface area (Å²) in [6.45, 7) is 0.447. The van der Waals surface area contributed by atoms with Crippen LogP contribution in [0.15, 0.2) is 65.0 Å². The summed E-state index contributed by atoms with van der Waals surface area (Å²) in [6.07, 6.45) is 1.86. The molecule has 0 bridgehead atoms. The van der Waals surface area contributed by atoms with Crippen molar-refractivity contribution in [3.63, 3.8) is 0 Å². The summed E-state index contributed by atoms with van der Waals surface area (Å²) in [5.74, 6) is 0. The minimum atomic E-state index is -3.81. The van der Waals surface area contributed by atoms with E-state index < -0.39 is 14.9 Å². The number of nitro groups is 1. The number of hydrogen-bond acceptors (Lipinski definition) is 5. The monoisotopic (exact) mass is 391 g/mol. The van der Waals surface area contributed by atoms with Gasteiger partial charge in [0.1, 0.15) is 0 Å². The maximum absolute atomic E-state index is 13.1. The van der Waals surface area contributed by atoms with Crippen LogP contribution in [0.3, 0.4) is 0 Å². The third-order valence-electron chi connectivity index (χ3n) is 3.99. The fraction of sp³-hybridized carbons (Fsp3) is 0.176. The molecule has 0 aliphatic carbocycles. The highest BCUT2D eigenvalue weighted by atomic mass is 32.2. The summed E-state index contributed by atoms with van der Waals surface area (Å²) in [6, 6.07) is 12.5. The van der Waals surface area contributed by atoms with Crippen LogP contribution in [-0.4, -0.2) is 22.2 Å². The maximum Gasteiger partial charge on any atom is 0.269 e. The van der Waals surface area contributed by atoms with Gasteiger partial charge in [-0.25, -0.2) is 8.42 Å². The SMILES string of the molecule is Cn1cccc1CN(Cc1cccs1)S(=O)(=O)c1ccc([N+](=O)[O-])cc1. The van der Waals surface area contributed by atoms with Gasteiger partial charge in [0.2, 0.25) is 10.0 Å². The molecule has 2 aromatic heterocycles. The Bertz CT molecular complexity index is 993. The van der Waals surface area contributed by atoms with Crippen molar-refractivity contribution in [2.75, 3.05) is 0 Å². The number of aromatic nitrogens is 1. The van der Waals surface area contributed by atoms with E-state index in [-0.39, 0.29) is 23.7 Å². The van der Waals surface area contributed by atoms with Crippen LogP contribution in [0, 0.1) is 10.1 Å². The highest BCUT2D eigenvalue weighted by Gasteiger charge is 2.26. The Hall–Kier alpha value is -2.49. The maximum atomic E-state index is 13.1. The number of rotatable bonds is 7. The normalized spacial score (nSPS) is 11.8. The predicted octanol–water partition coefficient (Wildman–Crippen LogP) is 3.39. The Morgan fingerprint density at radius 2 is 1.85 bits per heavy atom. The minimum Gasteiger partial charge on any atom is -0.353 e. The lowest BCUT2D eigenvalue weighted by atomic mass is 10.3. The van der Waals surface area contributed by atoms with E-state index in [4.69, 9.17) is 0 Å². The summed E-state index contributed by atoms with van der Waals surface area (Å²) in [5.41, 5.74) is 0.711. The molecule has 0 N–H and O–H groups in total. The van der Waals surface area contributed by atoms with Gasteiger partial charge in [-0.05, 0) is 35.7 Å². The summed E-state index contributed by atoms with van der Waals surface area (Å²) in [7, 11) is -1.95. The van der Waals surface area contributed by atoms with Gasteiger partial charge in [-0.1, -0.05) is 6.07 Å². The number of thiophene rings is 1. The van der Waals surface area contributed by atoms with E-state index in [0.717, 1.165) is 10.6 Å². The van der Waals surface area contributed by atoms with E-state index in [1.807, 2.05) is 47.5 Å². The molecule has 0 saturated carbocycles. The Balaban J connectivity index is 1.95. The second kappa shape index (κ2) is 7.40. The lowest BCUT2D eigenvalue weighted by Crippen LogP contribution is -2.30. The lowest BCUT2D eigenvalue weighted by Gasteiger charge is -2.22. The second-order valence-corrected chi connectivity index (χ2v) is 8.68.